The van der Waals surface area contributed by atoms with Crippen LogP contribution < -0.4 is 5.32 Å². The van der Waals surface area contributed by atoms with Crippen LogP contribution in [0.3, 0.4) is 0 Å². The van der Waals surface area contributed by atoms with E-state index in [9.17, 15) is 9.59 Å². The topological polar surface area (TPSA) is 68.8 Å². The van der Waals surface area contributed by atoms with E-state index in [-0.39, 0.29) is 17.9 Å². The number of carbonyl (C=O) groups is 2. The van der Waals surface area contributed by atoms with Gasteiger partial charge in [0, 0.05) is 55.3 Å². The highest BCUT2D eigenvalue weighted by atomic mass is 16.2. The summed E-state index contributed by atoms with van der Waals surface area (Å²) in [4.78, 5) is 38.2. The minimum absolute atomic E-state index is 0.0105. The first-order chi connectivity index (χ1) is 19.4. The average Bonchev–Trinajstić information content (AvgIpc) is 2.97. The van der Waals surface area contributed by atoms with E-state index in [1.165, 1.54) is 32.1 Å². The van der Waals surface area contributed by atoms with Crippen LogP contribution in [0.2, 0.25) is 0 Å². The van der Waals surface area contributed by atoms with Crippen LogP contribution in [0.5, 0.6) is 0 Å². The zero-order valence-corrected chi connectivity index (χ0v) is 24.2. The third kappa shape index (κ3) is 6.53. The molecule has 2 fully saturated rings. The molecule has 1 aromatic heterocycles. The number of nitrogens with zero attached hydrogens (tertiary/aromatic N) is 4. The van der Waals surface area contributed by atoms with E-state index in [0.717, 1.165) is 46.4 Å². The molecule has 1 N–H and O–H groups in total. The lowest BCUT2D eigenvalue weighted by Gasteiger charge is -2.36. The Bertz CT molecular complexity index is 1310. The second kappa shape index (κ2) is 12.9. The molecular formula is C33H43N5O2. The van der Waals surface area contributed by atoms with Gasteiger partial charge in [0.05, 0.1) is 23.3 Å². The van der Waals surface area contributed by atoms with Crippen molar-refractivity contribution in [2.45, 2.75) is 51.6 Å². The zero-order valence-electron chi connectivity index (χ0n) is 24.2. The van der Waals surface area contributed by atoms with Crippen molar-refractivity contribution < 1.29 is 9.59 Å². The molecule has 212 valence electrons. The van der Waals surface area contributed by atoms with Gasteiger partial charge < -0.3 is 15.1 Å². The molecule has 1 saturated heterocycles. The largest absolute Gasteiger partial charge is 0.349 e. The van der Waals surface area contributed by atoms with E-state index in [4.69, 9.17) is 4.98 Å². The number of carbonyl (C=O) groups excluding carboxylic acids is 2. The summed E-state index contributed by atoms with van der Waals surface area (Å²) in [6.07, 6.45) is 6.14. The molecule has 7 nitrogen and oxygen atoms in total. The fourth-order valence-electron chi connectivity index (χ4n) is 6.28. The van der Waals surface area contributed by atoms with Crippen molar-refractivity contribution in [1.29, 1.82) is 0 Å². The molecule has 1 unspecified atom stereocenters. The number of likely N-dealkylation sites (N-methyl/N-ethyl adjacent to an activating group) is 1. The number of para-hydroxylation sites is 1. The molecule has 40 heavy (non-hydrogen) atoms. The number of hydrogen-bond acceptors (Lipinski definition) is 5. The van der Waals surface area contributed by atoms with Gasteiger partial charge in [-0.05, 0) is 45.8 Å². The minimum Gasteiger partial charge on any atom is -0.349 e. The Balaban J connectivity index is 1.49. The van der Waals surface area contributed by atoms with Gasteiger partial charge >= 0.3 is 0 Å². The SMILES string of the molecule is CC(NC(=O)c1c(CN2CCN(C(=O)CN(C)C)CC2)c(-c2ccccc2)nc2ccccc12)C1CCCCC1. The number of amides is 2. The Morgan fingerprint density at radius 3 is 2.33 bits per heavy atom. The van der Waals surface area contributed by atoms with Crippen molar-refractivity contribution in [3.8, 4) is 11.3 Å². The molecule has 1 atom stereocenters. The summed E-state index contributed by atoms with van der Waals surface area (Å²) in [5, 5.41) is 4.31. The number of nitrogens with one attached hydrogen (secondary N) is 1. The molecule has 2 aliphatic rings. The van der Waals surface area contributed by atoms with Crippen LogP contribution in [-0.2, 0) is 11.3 Å². The maximum absolute atomic E-state index is 14.2. The predicted molar refractivity (Wildman–Crippen MR) is 161 cm³/mol. The van der Waals surface area contributed by atoms with Gasteiger partial charge in [-0.1, -0.05) is 67.8 Å². The summed E-state index contributed by atoms with van der Waals surface area (Å²) in [5.74, 6) is 0.679. The smallest absolute Gasteiger partial charge is 0.252 e. The maximum atomic E-state index is 14.2. The van der Waals surface area contributed by atoms with Crippen LogP contribution >= 0.6 is 0 Å². The number of piperazine rings is 1. The Labute approximate surface area is 238 Å². The van der Waals surface area contributed by atoms with Crippen molar-refractivity contribution in [3.05, 3.63) is 65.7 Å². The molecule has 3 aromatic rings. The Morgan fingerprint density at radius 2 is 1.62 bits per heavy atom. The lowest BCUT2D eigenvalue weighted by Crippen LogP contribution is -2.50. The number of fused-ring (bicyclic) bond motifs is 1. The van der Waals surface area contributed by atoms with Gasteiger partial charge in [-0.2, -0.15) is 0 Å². The van der Waals surface area contributed by atoms with Crippen LogP contribution in [0, 0.1) is 5.92 Å². The minimum atomic E-state index is -0.0105. The van der Waals surface area contributed by atoms with Crippen LogP contribution in [-0.4, -0.2) is 84.4 Å². The standard InChI is InChI=1S/C33H43N5O2/c1-24(25-12-6-4-7-13-25)34-33(40)31-27-16-10-11-17-29(27)35-32(26-14-8-5-9-15-26)28(31)22-37-18-20-38(21-19-37)30(39)23-36(2)3/h5,8-11,14-17,24-25H,4,6-7,12-13,18-23H2,1-3H3,(H,34,40). The molecule has 0 radical (unpaired) electrons. The predicted octanol–water partition coefficient (Wildman–Crippen LogP) is 4.81. The molecule has 2 aromatic carbocycles. The van der Waals surface area contributed by atoms with E-state index in [0.29, 0.717) is 32.1 Å². The fourth-order valence-corrected chi connectivity index (χ4v) is 6.28. The zero-order chi connectivity index (χ0) is 28.1. The number of hydrogen-bond donors (Lipinski definition) is 1. The van der Waals surface area contributed by atoms with E-state index in [1.807, 2.05) is 66.4 Å². The van der Waals surface area contributed by atoms with Crippen molar-refractivity contribution in [2.75, 3.05) is 46.8 Å². The Morgan fingerprint density at radius 1 is 0.950 bits per heavy atom. The van der Waals surface area contributed by atoms with E-state index < -0.39 is 0 Å². The van der Waals surface area contributed by atoms with Gasteiger partial charge in [-0.3, -0.25) is 14.5 Å². The fraction of sp³-hybridized carbons (Fsp3) is 0.485. The van der Waals surface area contributed by atoms with Gasteiger partial charge in [0.15, 0.2) is 0 Å². The highest BCUT2D eigenvalue weighted by Crippen LogP contribution is 2.33. The number of benzene rings is 2. The molecule has 1 aliphatic carbocycles. The molecule has 1 saturated carbocycles. The summed E-state index contributed by atoms with van der Waals surface area (Å²) >= 11 is 0. The van der Waals surface area contributed by atoms with E-state index >= 15 is 0 Å². The molecule has 7 heteroatoms. The first-order valence-electron chi connectivity index (χ1n) is 14.8. The van der Waals surface area contributed by atoms with Crippen molar-refractivity contribution in [2.24, 2.45) is 5.92 Å². The first-order valence-corrected chi connectivity index (χ1v) is 14.8. The van der Waals surface area contributed by atoms with Crippen LogP contribution in [0.1, 0.15) is 54.9 Å². The molecule has 1 aliphatic heterocycles. The van der Waals surface area contributed by atoms with Crippen LogP contribution in [0.25, 0.3) is 22.2 Å². The summed E-state index contributed by atoms with van der Waals surface area (Å²) in [7, 11) is 3.85. The van der Waals surface area contributed by atoms with Crippen molar-refractivity contribution >= 4 is 22.7 Å². The Kier molecular flexibility index (Phi) is 9.12. The summed E-state index contributed by atoms with van der Waals surface area (Å²) < 4.78 is 0. The highest BCUT2D eigenvalue weighted by Gasteiger charge is 2.28. The molecule has 0 bridgehead atoms. The van der Waals surface area contributed by atoms with Gasteiger partial charge in [-0.15, -0.1) is 0 Å². The molecule has 0 spiro atoms. The summed E-state index contributed by atoms with van der Waals surface area (Å²) in [6.45, 7) is 6.11. The monoisotopic (exact) mass is 541 g/mol. The third-order valence-corrected chi connectivity index (χ3v) is 8.54. The number of rotatable bonds is 8. The average molecular weight is 542 g/mol. The number of aromatic nitrogens is 1. The molecule has 2 amide bonds. The van der Waals surface area contributed by atoms with Gasteiger partial charge in [0.1, 0.15) is 0 Å². The summed E-state index contributed by atoms with van der Waals surface area (Å²) in [6, 6.07) is 18.3. The van der Waals surface area contributed by atoms with Gasteiger partial charge in [0.2, 0.25) is 5.91 Å². The van der Waals surface area contributed by atoms with Crippen molar-refractivity contribution in [1.82, 2.24) is 25.0 Å². The Hall–Kier alpha value is -3.29. The molecular weight excluding hydrogens is 498 g/mol. The lowest BCUT2D eigenvalue weighted by molar-refractivity contribution is -0.133. The molecule has 5 rings (SSSR count). The summed E-state index contributed by atoms with van der Waals surface area (Å²) in [5.41, 5.74) is 4.41. The molecule has 2 heterocycles. The van der Waals surface area contributed by atoms with Gasteiger partial charge in [0.25, 0.3) is 5.91 Å². The second-order valence-corrected chi connectivity index (χ2v) is 11.8. The quantitative estimate of drug-likeness (QED) is 0.444. The van der Waals surface area contributed by atoms with Crippen LogP contribution in [0.4, 0.5) is 0 Å². The highest BCUT2D eigenvalue weighted by molar-refractivity contribution is 6.09. The third-order valence-electron chi connectivity index (χ3n) is 8.54. The maximum Gasteiger partial charge on any atom is 0.252 e. The van der Waals surface area contributed by atoms with Gasteiger partial charge in [-0.25, -0.2) is 4.98 Å². The second-order valence-electron chi connectivity index (χ2n) is 11.8. The first kappa shape index (κ1) is 28.2. The van der Waals surface area contributed by atoms with Crippen LogP contribution in [0.15, 0.2) is 54.6 Å². The lowest BCUT2D eigenvalue weighted by atomic mass is 9.84. The van der Waals surface area contributed by atoms with E-state index in [1.54, 1.807) is 0 Å². The normalized spacial score (nSPS) is 17.8. The number of pyridine rings is 1. The van der Waals surface area contributed by atoms with E-state index in [2.05, 4.69) is 29.3 Å². The van der Waals surface area contributed by atoms with Crippen molar-refractivity contribution in [3.63, 3.8) is 0 Å².